The van der Waals surface area contributed by atoms with Gasteiger partial charge in [-0.25, -0.2) is 4.79 Å². The van der Waals surface area contributed by atoms with E-state index in [1.807, 2.05) is 4.90 Å². The summed E-state index contributed by atoms with van der Waals surface area (Å²) < 4.78 is 23.3. The number of aliphatic hydroxyl groups is 1. The van der Waals surface area contributed by atoms with Crippen LogP contribution in [0.4, 0.5) is 4.79 Å². The molecule has 0 radical (unpaired) electrons. The molecule has 0 bridgehead atoms. The molecule has 9 nitrogen and oxygen atoms in total. The predicted molar refractivity (Wildman–Crippen MR) is 225 cm³/mol. The van der Waals surface area contributed by atoms with Crippen molar-refractivity contribution in [1.29, 1.82) is 0 Å². The van der Waals surface area contributed by atoms with E-state index in [2.05, 4.69) is 32.6 Å². The highest BCUT2D eigenvalue weighted by atomic mass is 16.7. The highest BCUT2D eigenvalue weighted by Gasteiger charge is 2.15. The third-order valence-corrected chi connectivity index (χ3v) is 10.2. The van der Waals surface area contributed by atoms with Gasteiger partial charge in [-0.2, -0.15) is 0 Å². The minimum atomic E-state index is -0.341. The van der Waals surface area contributed by atoms with E-state index in [0.29, 0.717) is 45.8 Å². The number of rotatable bonds is 43. The standard InChI is InChI=1S/C45H90N2O7/c1-5-9-13-17-18-25-36-47(35-24-16-12-8-4)45(50)54-42-29-22-19-23-33-46(37-38-48)34-26-30-39-51-43(49)31-32-44(52-40-27-20-14-10-6-2)53-41-28-21-15-11-7-3/h44,48H,5-42H2,1-4H3. The Hall–Kier alpha value is -1.42. The highest BCUT2D eigenvalue weighted by Crippen LogP contribution is 2.13. The van der Waals surface area contributed by atoms with Gasteiger partial charge in [0.1, 0.15) is 0 Å². The predicted octanol–water partition coefficient (Wildman–Crippen LogP) is 11.6. The zero-order valence-electron chi connectivity index (χ0n) is 36.2. The molecule has 0 aromatic heterocycles. The number of nitrogens with zero attached hydrogens (tertiary/aromatic N) is 2. The molecule has 0 saturated heterocycles. The van der Waals surface area contributed by atoms with Gasteiger partial charge in [0, 0.05) is 39.3 Å². The van der Waals surface area contributed by atoms with Gasteiger partial charge < -0.3 is 33.9 Å². The van der Waals surface area contributed by atoms with E-state index in [1.165, 1.54) is 103 Å². The first-order chi connectivity index (χ1) is 26.5. The van der Waals surface area contributed by atoms with E-state index < -0.39 is 0 Å². The van der Waals surface area contributed by atoms with Gasteiger partial charge in [0.05, 0.1) is 26.2 Å². The van der Waals surface area contributed by atoms with Crippen LogP contribution < -0.4 is 0 Å². The molecule has 0 unspecified atom stereocenters. The molecule has 0 aliphatic carbocycles. The molecule has 54 heavy (non-hydrogen) atoms. The quantitative estimate of drug-likeness (QED) is 0.0372. The first-order valence-electron chi connectivity index (χ1n) is 23.2. The summed E-state index contributed by atoms with van der Waals surface area (Å²) >= 11 is 0. The molecule has 0 aliphatic rings. The van der Waals surface area contributed by atoms with Gasteiger partial charge in [-0.05, 0) is 64.5 Å². The zero-order valence-corrected chi connectivity index (χ0v) is 36.2. The summed E-state index contributed by atoms with van der Waals surface area (Å²) in [5, 5.41) is 9.59. The number of amides is 1. The molecule has 9 heteroatoms. The molecule has 322 valence electrons. The highest BCUT2D eigenvalue weighted by molar-refractivity contribution is 5.69. The fourth-order valence-electron chi connectivity index (χ4n) is 6.61. The lowest BCUT2D eigenvalue weighted by molar-refractivity contribution is -0.159. The Morgan fingerprint density at radius 1 is 0.463 bits per heavy atom. The Balaban J connectivity index is 4.25. The van der Waals surface area contributed by atoms with Gasteiger partial charge in [-0.3, -0.25) is 4.79 Å². The second-order valence-corrected chi connectivity index (χ2v) is 15.4. The second-order valence-electron chi connectivity index (χ2n) is 15.4. The van der Waals surface area contributed by atoms with Crippen molar-refractivity contribution in [2.75, 3.05) is 65.8 Å². The van der Waals surface area contributed by atoms with Crippen LogP contribution in [0.15, 0.2) is 0 Å². The van der Waals surface area contributed by atoms with E-state index in [-0.39, 0.29) is 25.0 Å². The van der Waals surface area contributed by atoms with Crippen LogP contribution in [0.25, 0.3) is 0 Å². The lowest BCUT2D eigenvalue weighted by Gasteiger charge is -2.22. The number of hydrogen-bond acceptors (Lipinski definition) is 8. The summed E-state index contributed by atoms with van der Waals surface area (Å²) in [6.07, 6.45) is 30.0. The van der Waals surface area contributed by atoms with Crippen LogP contribution in [0.5, 0.6) is 0 Å². The van der Waals surface area contributed by atoms with Crippen molar-refractivity contribution in [3.05, 3.63) is 0 Å². The maximum atomic E-state index is 12.8. The molecule has 0 heterocycles. The van der Waals surface area contributed by atoms with Crippen LogP contribution in [0, 0.1) is 0 Å². The van der Waals surface area contributed by atoms with Gasteiger partial charge in [-0.1, -0.05) is 143 Å². The number of esters is 1. The second kappa shape index (κ2) is 42.7. The molecule has 0 atom stereocenters. The summed E-state index contributed by atoms with van der Waals surface area (Å²) in [7, 11) is 0. The summed E-state index contributed by atoms with van der Waals surface area (Å²) in [6.45, 7) is 15.4. The van der Waals surface area contributed by atoms with E-state index >= 15 is 0 Å². The SMILES string of the molecule is CCCCCCCCN(CCCCCC)C(=O)OCCCCCCN(CCO)CCCCOC(=O)CCC(OCCCCCCC)OCCCCCCC. The zero-order chi connectivity index (χ0) is 39.6. The first-order valence-corrected chi connectivity index (χ1v) is 23.2. The van der Waals surface area contributed by atoms with Crippen molar-refractivity contribution in [2.24, 2.45) is 0 Å². The minimum absolute atomic E-state index is 0.140. The molecule has 1 N–H and O–H groups in total. The molecular weight excluding hydrogens is 681 g/mol. The van der Waals surface area contributed by atoms with Crippen molar-refractivity contribution in [3.63, 3.8) is 0 Å². The van der Waals surface area contributed by atoms with Crippen molar-refractivity contribution in [3.8, 4) is 0 Å². The fourth-order valence-corrected chi connectivity index (χ4v) is 6.61. The van der Waals surface area contributed by atoms with Crippen LogP contribution in [0.2, 0.25) is 0 Å². The Morgan fingerprint density at radius 3 is 1.37 bits per heavy atom. The molecular formula is C45H90N2O7. The lowest BCUT2D eigenvalue weighted by Crippen LogP contribution is -2.33. The van der Waals surface area contributed by atoms with Crippen molar-refractivity contribution in [1.82, 2.24) is 9.80 Å². The number of carbonyl (C=O) groups excluding carboxylic acids is 2. The number of hydrogen-bond donors (Lipinski definition) is 1. The normalized spacial score (nSPS) is 11.5. The molecule has 0 fully saturated rings. The van der Waals surface area contributed by atoms with Crippen LogP contribution in [-0.4, -0.2) is 99.0 Å². The molecule has 0 aliphatic heterocycles. The van der Waals surface area contributed by atoms with Gasteiger partial charge in [0.15, 0.2) is 6.29 Å². The Morgan fingerprint density at radius 2 is 0.852 bits per heavy atom. The summed E-state index contributed by atoms with van der Waals surface area (Å²) in [6, 6.07) is 0. The number of unbranched alkanes of at least 4 members (excludes halogenated alkanes) is 20. The van der Waals surface area contributed by atoms with Gasteiger partial charge >= 0.3 is 12.1 Å². The molecule has 1 amide bonds. The third-order valence-electron chi connectivity index (χ3n) is 10.2. The topological polar surface area (TPSA) is 97.8 Å². The van der Waals surface area contributed by atoms with Crippen molar-refractivity contribution in [2.45, 2.75) is 214 Å². The van der Waals surface area contributed by atoms with Crippen LogP contribution >= 0.6 is 0 Å². The van der Waals surface area contributed by atoms with Crippen molar-refractivity contribution < 1.29 is 33.6 Å². The number of ether oxygens (including phenoxy) is 4. The molecule has 0 aromatic carbocycles. The monoisotopic (exact) mass is 771 g/mol. The number of aliphatic hydroxyl groups excluding tert-OH is 1. The van der Waals surface area contributed by atoms with E-state index in [4.69, 9.17) is 18.9 Å². The van der Waals surface area contributed by atoms with Gasteiger partial charge in [-0.15, -0.1) is 0 Å². The third kappa shape index (κ3) is 36.2. The Kier molecular flexibility index (Phi) is 41.6. The molecule has 0 aromatic rings. The van der Waals surface area contributed by atoms with E-state index in [0.717, 1.165) is 90.4 Å². The molecule has 0 spiro atoms. The summed E-state index contributed by atoms with van der Waals surface area (Å²) in [4.78, 5) is 29.6. The Labute approximate surface area is 334 Å². The lowest BCUT2D eigenvalue weighted by atomic mass is 10.1. The van der Waals surface area contributed by atoms with Crippen molar-refractivity contribution >= 4 is 12.1 Å². The first kappa shape index (κ1) is 52.6. The maximum absolute atomic E-state index is 12.8. The molecule has 0 saturated carbocycles. The smallest absolute Gasteiger partial charge is 0.409 e. The maximum Gasteiger partial charge on any atom is 0.409 e. The minimum Gasteiger partial charge on any atom is -0.466 e. The largest absolute Gasteiger partial charge is 0.466 e. The van der Waals surface area contributed by atoms with E-state index in [9.17, 15) is 14.7 Å². The summed E-state index contributed by atoms with van der Waals surface area (Å²) in [5.41, 5.74) is 0. The average molecular weight is 771 g/mol. The average Bonchev–Trinajstić information content (AvgIpc) is 3.17. The number of carbonyl (C=O) groups is 2. The fraction of sp³-hybridized carbons (Fsp3) is 0.956. The van der Waals surface area contributed by atoms with E-state index in [1.54, 1.807) is 0 Å². The van der Waals surface area contributed by atoms with Crippen LogP contribution in [-0.2, 0) is 23.7 Å². The van der Waals surface area contributed by atoms with Crippen LogP contribution in [0.1, 0.15) is 207 Å². The molecule has 0 rings (SSSR count). The van der Waals surface area contributed by atoms with Crippen LogP contribution in [0.3, 0.4) is 0 Å². The Bertz CT molecular complexity index is 771. The van der Waals surface area contributed by atoms with Gasteiger partial charge in [0.25, 0.3) is 0 Å². The van der Waals surface area contributed by atoms with Gasteiger partial charge in [0.2, 0.25) is 0 Å². The summed E-state index contributed by atoms with van der Waals surface area (Å²) in [5.74, 6) is -0.187.